The van der Waals surface area contributed by atoms with E-state index in [4.69, 9.17) is 29.3 Å². The maximum Gasteiger partial charge on any atom is 0.490 e. The normalized spacial score (nSPS) is 24.0. The first-order chi connectivity index (χ1) is 17.1. The van der Waals surface area contributed by atoms with Gasteiger partial charge < -0.3 is 19.7 Å². The van der Waals surface area contributed by atoms with Crippen LogP contribution in [0, 0.1) is 12.8 Å². The molecule has 2 saturated heterocycles. The first kappa shape index (κ1) is 30.8. The number of carbonyl (C=O) groups is 2. The molecule has 4 rings (SSSR count). The first-order valence-corrected chi connectivity index (χ1v) is 11.6. The molecule has 0 aromatic carbocycles. The van der Waals surface area contributed by atoms with E-state index in [0.717, 1.165) is 50.9 Å². The molecule has 2 aliphatic heterocycles. The number of aromatic nitrogens is 1. The summed E-state index contributed by atoms with van der Waals surface area (Å²) < 4.78 is 75.8. The van der Waals surface area contributed by atoms with Crippen molar-refractivity contribution < 1.29 is 55.6 Å². The summed E-state index contributed by atoms with van der Waals surface area (Å²) in [5.41, 5.74) is 2.29. The molecule has 1 saturated carbocycles. The second-order valence-electron chi connectivity index (χ2n) is 9.29. The van der Waals surface area contributed by atoms with Gasteiger partial charge in [0.1, 0.15) is 0 Å². The van der Waals surface area contributed by atoms with Crippen molar-refractivity contribution in [2.75, 3.05) is 26.3 Å². The van der Waals surface area contributed by atoms with Crippen LogP contribution in [0.25, 0.3) is 0 Å². The molecule has 2 atom stereocenters. The summed E-state index contributed by atoms with van der Waals surface area (Å²) in [4.78, 5) is 24.9. The molecule has 210 valence electrons. The third-order valence-corrected chi connectivity index (χ3v) is 5.87. The molecule has 14 heteroatoms. The summed E-state index contributed by atoms with van der Waals surface area (Å²) in [6.45, 7) is 6.88. The highest BCUT2D eigenvalue weighted by atomic mass is 19.4. The quantitative estimate of drug-likeness (QED) is 0.531. The first-order valence-electron chi connectivity index (χ1n) is 11.6. The number of piperidine rings is 1. The molecule has 0 radical (unpaired) electrons. The summed E-state index contributed by atoms with van der Waals surface area (Å²) >= 11 is 0. The fourth-order valence-corrected chi connectivity index (χ4v) is 3.99. The van der Waals surface area contributed by atoms with Crippen LogP contribution in [0.3, 0.4) is 0 Å². The number of hydrogen-bond donors (Lipinski definition) is 2. The van der Waals surface area contributed by atoms with Gasteiger partial charge in [-0.3, -0.25) is 9.88 Å². The van der Waals surface area contributed by atoms with E-state index in [1.54, 1.807) is 0 Å². The minimum absolute atomic E-state index is 0.0241. The van der Waals surface area contributed by atoms with Crippen molar-refractivity contribution in [3.05, 3.63) is 29.6 Å². The van der Waals surface area contributed by atoms with Gasteiger partial charge in [-0.05, 0) is 57.2 Å². The number of hydrogen-bond acceptors (Lipinski definition) is 6. The molecule has 1 spiro atoms. The molecule has 2 unspecified atom stereocenters. The Morgan fingerprint density at radius 3 is 2.24 bits per heavy atom. The van der Waals surface area contributed by atoms with Crippen LogP contribution in [0.15, 0.2) is 18.2 Å². The number of rotatable bonds is 5. The standard InChI is InChI=1S/C19H28N2O2.2C2HF3O2/c1-15-4-2-5-17(20-15)11-21-9-3-8-19(14-21)10-18(13-23-19)22-12-16-6-7-16;2*3-2(4,5)1(6)7/h2,4-5,16,18H,3,6-14H2,1H3;2*(H,6,7). The van der Waals surface area contributed by atoms with Gasteiger partial charge in [-0.15, -0.1) is 0 Å². The molecule has 1 aromatic heterocycles. The number of ether oxygens (including phenoxy) is 2. The minimum Gasteiger partial charge on any atom is -0.475 e. The Morgan fingerprint density at radius 2 is 1.73 bits per heavy atom. The van der Waals surface area contributed by atoms with E-state index in [1.165, 1.54) is 31.4 Å². The van der Waals surface area contributed by atoms with Crippen LogP contribution in [-0.2, 0) is 25.6 Å². The number of halogens is 6. The highest BCUT2D eigenvalue weighted by Crippen LogP contribution is 2.37. The third-order valence-electron chi connectivity index (χ3n) is 5.87. The molecule has 8 nitrogen and oxygen atoms in total. The Hall–Kier alpha value is -2.45. The predicted octanol–water partition coefficient (Wildman–Crippen LogP) is 4.21. The smallest absolute Gasteiger partial charge is 0.475 e. The largest absolute Gasteiger partial charge is 0.490 e. The van der Waals surface area contributed by atoms with Gasteiger partial charge in [0.25, 0.3) is 0 Å². The zero-order valence-corrected chi connectivity index (χ0v) is 20.1. The number of alkyl halides is 6. The lowest BCUT2D eigenvalue weighted by atomic mass is 9.89. The maximum atomic E-state index is 10.6. The van der Waals surface area contributed by atoms with Crippen LogP contribution in [0.5, 0.6) is 0 Å². The fourth-order valence-electron chi connectivity index (χ4n) is 3.99. The Bertz CT molecular complexity index is 884. The Morgan fingerprint density at radius 1 is 1.14 bits per heavy atom. The summed E-state index contributed by atoms with van der Waals surface area (Å²) in [7, 11) is 0. The second kappa shape index (κ2) is 12.9. The number of aliphatic carboxylic acids is 2. The monoisotopic (exact) mass is 544 g/mol. The van der Waals surface area contributed by atoms with Crippen LogP contribution in [-0.4, -0.2) is 82.4 Å². The molecule has 37 heavy (non-hydrogen) atoms. The van der Waals surface area contributed by atoms with E-state index >= 15 is 0 Å². The highest BCUT2D eigenvalue weighted by molar-refractivity contribution is 5.73. The van der Waals surface area contributed by atoms with Crippen molar-refractivity contribution in [3.63, 3.8) is 0 Å². The SMILES string of the molecule is Cc1cccc(CN2CCCC3(CC(OCC4CC4)CO3)C2)n1.O=C(O)C(F)(F)F.O=C(O)C(F)(F)F. The molecule has 1 aromatic rings. The van der Waals surface area contributed by atoms with Gasteiger partial charge in [-0.25, -0.2) is 9.59 Å². The number of carboxylic acids is 2. The lowest BCUT2D eigenvalue weighted by Crippen LogP contribution is -2.47. The van der Waals surface area contributed by atoms with Crippen molar-refractivity contribution >= 4 is 11.9 Å². The average molecular weight is 544 g/mol. The van der Waals surface area contributed by atoms with Crippen molar-refractivity contribution in [1.29, 1.82) is 0 Å². The van der Waals surface area contributed by atoms with E-state index in [1.807, 2.05) is 0 Å². The highest BCUT2D eigenvalue weighted by Gasteiger charge is 2.44. The van der Waals surface area contributed by atoms with E-state index in [0.29, 0.717) is 6.10 Å². The van der Waals surface area contributed by atoms with Gasteiger partial charge in [-0.1, -0.05) is 6.07 Å². The van der Waals surface area contributed by atoms with Crippen LogP contribution in [0.4, 0.5) is 26.3 Å². The van der Waals surface area contributed by atoms with Crippen LogP contribution >= 0.6 is 0 Å². The van der Waals surface area contributed by atoms with Crippen molar-refractivity contribution in [1.82, 2.24) is 9.88 Å². The van der Waals surface area contributed by atoms with Crippen molar-refractivity contribution in [2.24, 2.45) is 5.92 Å². The van der Waals surface area contributed by atoms with Crippen LogP contribution in [0.2, 0.25) is 0 Å². The second-order valence-corrected chi connectivity index (χ2v) is 9.29. The van der Waals surface area contributed by atoms with Crippen LogP contribution in [0.1, 0.15) is 43.5 Å². The number of pyridine rings is 1. The third kappa shape index (κ3) is 11.2. The minimum atomic E-state index is -5.08. The molecule has 0 amide bonds. The topological polar surface area (TPSA) is 109 Å². The molecule has 3 aliphatic rings. The summed E-state index contributed by atoms with van der Waals surface area (Å²) in [5, 5.41) is 14.2. The molecular weight excluding hydrogens is 514 g/mol. The van der Waals surface area contributed by atoms with E-state index < -0.39 is 24.3 Å². The Labute approximate surface area is 209 Å². The fraction of sp³-hybridized carbons (Fsp3) is 0.696. The van der Waals surface area contributed by atoms with Gasteiger partial charge in [-0.2, -0.15) is 26.3 Å². The number of aryl methyl sites for hydroxylation is 1. The zero-order valence-electron chi connectivity index (χ0n) is 20.1. The molecule has 1 aliphatic carbocycles. The molecular formula is C23H30F6N2O6. The lowest BCUT2D eigenvalue weighted by Gasteiger charge is -2.39. The molecule has 0 bridgehead atoms. The van der Waals surface area contributed by atoms with Gasteiger partial charge in [0, 0.05) is 31.8 Å². The maximum absolute atomic E-state index is 10.6. The number of carboxylic acid groups (broad SMARTS) is 2. The van der Waals surface area contributed by atoms with Crippen molar-refractivity contribution in [3.8, 4) is 0 Å². The van der Waals surface area contributed by atoms with Gasteiger partial charge in [0.05, 0.1) is 24.0 Å². The zero-order chi connectivity index (χ0) is 27.9. The van der Waals surface area contributed by atoms with E-state index in [2.05, 4.69) is 35.0 Å². The number of nitrogens with zero attached hydrogens (tertiary/aromatic N) is 2. The Balaban J connectivity index is 0.000000286. The number of likely N-dealkylation sites (tertiary alicyclic amines) is 1. The predicted molar refractivity (Wildman–Crippen MR) is 117 cm³/mol. The van der Waals surface area contributed by atoms with Crippen molar-refractivity contribution in [2.45, 2.75) is 69.6 Å². The lowest BCUT2D eigenvalue weighted by molar-refractivity contribution is -0.193. The van der Waals surface area contributed by atoms with Gasteiger partial charge in [0.15, 0.2) is 0 Å². The average Bonchev–Trinajstić information content (AvgIpc) is 3.53. The summed E-state index contributed by atoms with van der Waals surface area (Å²) in [5.74, 6) is -4.68. The molecule has 3 fully saturated rings. The molecule has 3 heterocycles. The van der Waals surface area contributed by atoms with Gasteiger partial charge >= 0.3 is 24.3 Å². The summed E-state index contributed by atoms with van der Waals surface area (Å²) in [6.07, 6.45) is -3.69. The summed E-state index contributed by atoms with van der Waals surface area (Å²) in [6, 6.07) is 6.29. The van der Waals surface area contributed by atoms with E-state index in [-0.39, 0.29) is 5.60 Å². The molecule has 2 N–H and O–H groups in total. The Kier molecular flexibility index (Phi) is 10.7. The van der Waals surface area contributed by atoms with Gasteiger partial charge in [0.2, 0.25) is 0 Å². The van der Waals surface area contributed by atoms with E-state index in [9.17, 15) is 26.3 Å². The van der Waals surface area contributed by atoms with Crippen LogP contribution < -0.4 is 0 Å².